The van der Waals surface area contributed by atoms with Gasteiger partial charge in [0.1, 0.15) is 5.82 Å². The van der Waals surface area contributed by atoms with Gasteiger partial charge in [-0.15, -0.1) is 0 Å². The molecule has 1 aliphatic carbocycles. The molecule has 0 radical (unpaired) electrons. The van der Waals surface area contributed by atoms with Gasteiger partial charge in [-0.2, -0.15) is 0 Å². The highest BCUT2D eigenvalue weighted by Gasteiger charge is 2.28. The number of hydrogen-bond donors (Lipinski definition) is 3. The molecule has 1 aromatic heterocycles. The lowest BCUT2D eigenvalue weighted by molar-refractivity contribution is -0.115. The van der Waals surface area contributed by atoms with Gasteiger partial charge in [0, 0.05) is 28.3 Å². The number of aromatic amines is 1. The number of amides is 1. The zero-order valence-electron chi connectivity index (χ0n) is 14.9. The van der Waals surface area contributed by atoms with Gasteiger partial charge >= 0.3 is 0 Å². The summed E-state index contributed by atoms with van der Waals surface area (Å²) >= 11 is 0. The molecule has 144 valence electrons. The first-order valence-corrected chi connectivity index (χ1v) is 10.6. The van der Waals surface area contributed by atoms with E-state index < -0.39 is 10.0 Å². The van der Waals surface area contributed by atoms with Crippen LogP contribution in [0.3, 0.4) is 0 Å². The molecule has 1 aliphatic heterocycles. The summed E-state index contributed by atoms with van der Waals surface area (Å²) in [4.78, 5) is 14.9. The van der Waals surface area contributed by atoms with Crippen LogP contribution in [0, 0.1) is 5.82 Å². The molecule has 3 N–H and O–H groups in total. The van der Waals surface area contributed by atoms with E-state index in [0.29, 0.717) is 30.5 Å². The quantitative estimate of drug-likeness (QED) is 0.632. The first-order valence-electron chi connectivity index (χ1n) is 9.13. The van der Waals surface area contributed by atoms with Crippen LogP contribution in [0.2, 0.25) is 0 Å². The lowest BCUT2D eigenvalue weighted by Gasteiger charge is -2.23. The van der Waals surface area contributed by atoms with Gasteiger partial charge in [-0.25, -0.2) is 17.5 Å². The van der Waals surface area contributed by atoms with Gasteiger partial charge in [0.2, 0.25) is 15.9 Å². The number of rotatable bonds is 3. The predicted molar refractivity (Wildman–Crippen MR) is 103 cm³/mol. The van der Waals surface area contributed by atoms with E-state index in [1.807, 2.05) is 0 Å². The molecule has 5 rings (SSSR count). The maximum atomic E-state index is 13.5. The Morgan fingerprint density at radius 2 is 2.00 bits per heavy atom. The minimum absolute atomic E-state index is 0.131. The molecule has 1 atom stereocenters. The van der Waals surface area contributed by atoms with Crippen LogP contribution in [0.1, 0.15) is 23.2 Å². The summed E-state index contributed by atoms with van der Waals surface area (Å²) in [5.74, 6) is -0.430. The second-order valence-corrected chi connectivity index (χ2v) is 9.09. The van der Waals surface area contributed by atoms with Crippen molar-refractivity contribution < 1.29 is 17.6 Å². The number of aromatic nitrogens is 1. The number of H-pyrrole nitrogens is 1. The molecular weight excluding hydrogens is 381 g/mol. The third kappa shape index (κ3) is 2.89. The average molecular weight is 399 g/mol. The number of hydrogen-bond acceptors (Lipinski definition) is 3. The van der Waals surface area contributed by atoms with Crippen molar-refractivity contribution in [1.29, 1.82) is 0 Å². The third-order valence-corrected chi connectivity index (χ3v) is 7.00. The number of anilines is 1. The fourth-order valence-electron chi connectivity index (χ4n) is 4.16. The van der Waals surface area contributed by atoms with Crippen molar-refractivity contribution in [3.05, 3.63) is 59.0 Å². The van der Waals surface area contributed by atoms with Crippen molar-refractivity contribution in [1.82, 2.24) is 9.71 Å². The number of sulfonamides is 1. The molecule has 3 aromatic rings. The number of carbonyl (C=O) groups excluding carboxylic acids is 1. The third-order valence-electron chi connectivity index (χ3n) is 5.48. The maximum absolute atomic E-state index is 13.5. The number of halogens is 1. The van der Waals surface area contributed by atoms with Crippen molar-refractivity contribution in [2.45, 2.75) is 36.6 Å². The second-order valence-electron chi connectivity index (χ2n) is 7.38. The van der Waals surface area contributed by atoms with Crippen molar-refractivity contribution in [2.24, 2.45) is 0 Å². The van der Waals surface area contributed by atoms with Crippen molar-refractivity contribution in [2.75, 3.05) is 5.32 Å². The molecule has 1 amide bonds. The summed E-state index contributed by atoms with van der Waals surface area (Å²) in [5.41, 5.74) is 4.18. The van der Waals surface area contributed by atoms with E-state index in [-0.39, 0.29) is 29.1 Å². The minimum atomic E-state index is -3.70. The Balaban J connectivity index is 1.40. The first-order chi connectivity index (χ1) is 13.4. The zero-order chi connectivity index (χ0) is 19.5. The number of carbonyl (C=O) groups is 1. The summed E-state index contributed by atoms with van der Waals surface area (Å²) in [7, 11) is -3.70. The Morgan fingerprint density at radius 3 is 2.86 bits per heavy atom. The highest BCUT2D eigenvalue weighted by atomic mass is 32.2. The van der Waals surface area contributed by atoms with Gasteiger partial charge in [0.15, 0.2) is 0 Å². The monoisotopic (exact) mass is 399 g/mol. The van der Waals surface area contributed by atoms with Gasteiger partial charge in [0.05, 0.1) is 11.3 Å². The van der Waals surface area contributed by atoms with Crippen LogP contribution in [0.15, 0.2) is 41.3 Å². The topological polar surface area (TPSA) is 91.1 Å². The van der Waals surface area contributed by atoms with E-state index in [0.717, 1.165) is 22.2 Å². The van der Waals surface area contributed by atoms with Crippen LogP contribution in [-0.2, 0) is 34.1 Å². The Morgan fingerprint density at radius 1 is 1.14 bits per heavy atom. The molecule has 8 heteroatoms. The van der Waals surface area contributed by atoms with E-state index in [2.05, 4.69) is 15.0 Å². The van der Waals surface area contributed by atoms with Crippen molar-refractivity contribution >= 4 is 32.5 Å². The van der Waals surface area contributed by atoms with E-state index in [1.54, 1.807) is 18.2 Å². The molecule has 2 aromatic carbocycles. The number of fused-ring (bicyclic) bond motifs is 4. The fraction of sp³-hybridized carbons (Fsp3) is 0.250. The Hall–Kier alpha value is -2.71. The van der Waals surface area contributed by atoms with E-state index >= 15 is 0 Å². The second kappa shape index (κ2) is 6.15. The molecule has 2 heterocycles. The smallest absolute Gasteiger partial charge is 0.240 e. The largest absolute Gasteiger partial charge is 0.358 e. The van der Waals surface area contributed by atoms with Crippen LogP contribution in [0.25, 0.3) is 10.9 Å². The Kier molecular flexibility index (Phi) is 3.82. The maximum Gasteiger partial charge on any atom is 0.240 e. The fourth-order valence-corrected chi connectivity index (χ4v) is 5.48. The Bertz CT molecular complexity index is 1230. The number of aryl methyl sites for hydroxylation is 1. The number of nitrogens with one attached hydrogen (secondary N) is 3. The molecule has 6 nitrogen and oxygen atoms in total. The van der Waals surface area contributed by atoms with Crippen LogP contribution >= 0.6 is 0 Å². The molecule has 0 saturated carbocycles. The highest BCUT2D eigenvalue weighted by molar-refractivity contribution is 7.89. The Labute approximate surface area is 161 Å². The lowest BCUT2D eigenvalue weighted by Crippen LogP contribution is -2.38. The van der Waals surface area contributed by atoms with Crippen molar-refractivity contribution in [3.63, 3.8) is 0 Å². The minimum Gasteiger partial charge on any atom is -0.358 e. The van der Waals surface area contributed by atoms with Crippen LogP contribution < -0.4 is 10.0 Å². The summed E-state index contributed by atoms with van der Waals surface area (Å²) < 4.78 is 42.0. The predicted octanol–water partition coefficient (Wildman–Crippen LogP) is 2.64. The molecule has 28 heavy (non-hydrogen) atoms. The molecule has 1 unspecified atom stereocenters. The molecular formula is C20H18FN3O3S. The first kappa shape index (κ1) is 17.4. The standard InChI is InChI=1S/C20H18FN3O3S/c21-12-1-4-15-16-10-13(2-5-18(16)22-19(15)9-12)24-28(26,27)14-3-6-17-11(7-14)8-20(25)23-17/h1,3-4,6-7,9,13,22,24H,2,5,8,10H2,(H,23,25). The highest BCUT2D eigenvalue weighted by Crippen LogP contribution is 2.31. The van der Waals surface area contributed by atoms with Gasteiger partial charge in [-0.05, 0) is 66.8 Å². The van der Waals surface area contributed by atoms with E-state index in [1.165, 1.54) is 18.2 Å². The van der Waals surface area contributed by atoms with E-state index in [4.69, 9.17) is 0 Å². The van der Waals surface area contributed by atoms with Gasteiger partial charge < -0.3 is 10.3 Å². The van der Waals surface area contributed by atoms with Crippen LogP contribution in [-0.4, -0.2) is 25.4 Å². The molecule has 0 saturated heterocycles. The van der Waals surface area contributed by atoms with Crippen LogP contribution in [0.5, 0.6) is 0 Å². The summed E-state index contributed by atoms with van der Waals surface area (Å²) in [6, 6.07) is 9.07. The van der Waals surface area contributed by atoms with Gasteiger partial charge in [-0.1, -0.05) is 0 Å². The normalized spacial score (nSPS) is 18.8. The molecule has 0 spiro atoms. The van der Waals surface area contributed by atoms with Crippen molar-refractivity contribution in [3.8, 4) is 0 Å². The summed E-state index contributed by atoms with van der Waals surface area (Å²) in [5, 5.41) is 3.63. The summed E-state index contributed by atoms with van der Waals surface area (Å²) in [6.07, 6.45) is 2.09. The van der Waals surface area contributed by atoms with E-state index in [9.17, 15) is 17.6 Å². The zero-order valence-corrected chi connectivity index (χ0v) is 15.7. The lowest BCUT2D eigenvalue weighted by atomic mass is 9.92. The summed E-state index contributed by atoms with van der Waals surface area (Å²) in [6.45, 7) is 0. The molecule has 0 fully saturated rings. The van der Waals surface area contributed by atoms with Gasteiger partial charge in [0.25, 0.3) is 0 Å². The molecule has 2 aliphatic rings. The SMILES string of the molecule is O=C1Cc2cc(S(=O)(=O)NC3CCc4[nH]c5cc(F)ccc5c4C3)ccc2N1. The van der Waals surface area contributed by atoms with Gasteiger partial charge in [-0.3, -0.25) is 4.79 Å². The molecule has 0 bridgehead atoms. The van der Waals surface area contributed by atoms with Crippen LogP contribution in [0.4, 0.5) is 10.1 Å². The average Bonchev–Trinajstić information content (AvgIpc) is 3.18. The number of benzene rings is 2.